The van der Waals surface area contributed by atoms with Crippen LogP contribution in [0.5, 0.6) is 0 Å². The molecule has 1 saturated carbocycles. The predicted molar refractivity (Wildman–Crippen MR) is 111 cm³/mol. The van der Waals surface area contributed by atoms with Crippen LogP contribution in [-0.4, -0.2) is 35.6 Å². The van der Waals surface area contributed by atoms with Crippen molar-refractivity contribution in [2.45, 2.75) is 82.5 Å². The van der Waals surface area contributed by atoms with Crippen LogP contribution in [0, 0.1) is 5.41 Å². The van der Waals surface area contributed by atoms with Crippen LogP contribution in [0.3, 0.4) is 0 Å². The van der Waals surface area contributed by atoms with E-state index in [0.29, 0.717) is 6.10 Å². The van der Waals surface area contributed by atoms with Crippen LogP contribution in [0.25, 0.3) is 0 Å². The second-order valence-electron chi connectivity index (χ2n) is 8.81. The van der Waals surface area contributed by atoms with Gasteiger partial charge < -0.3 is 9.64 Å². The van der Waals surface area contributed by atoms with Gasteiger partial charge in [-0.05, 0) is 69.1 Å². The van der Waals surface area contributed by atoms with E-state index in [1.807, 2.05) is 4.90 Å². The Morgan fingerprint density at radius 1 is 1.33 bits per heavy atom. The number of carbonyl (C=O) groups is 1. The average Bonchev–Trinajstić information content (AvgIpc) is 3.08. The monoisotopic (exact) mass is 388 g/mol. The number of hydrogen-bond acceptors (Lipinski definition) is 4. The normalized spacial score (nSPS) is 35.6. The molecule has 1 heterocycles. The van der Waals surface area contributed by atoms with Crippen molar-refractivity contribution < 1.29 is 9.53 Å². The molecule has 4 nitrogen and oxygen atoms in total. The van der Waals surface area contributed by atoms with Crippen molar-refractivity contribution in [2.75, 3.05) is 7.11 Å². The molecule has 1 saturated heterocycles. The Balaban J connectivity index is 1.86. The molecule has 1 aromatic rings. The Morgan fingerprint density at radius 3 is 2.59 bits per heavy atom. The number of nitrogens with zero attached hydrogens (tertiary/aromatic N) is 1. The summed E-state index contributed by atoms with van der Waals surface area (Å²) in [4.78, 5) is 15.9. The van der Waals surface area contributed by atoms with Crippen molar-refractivity contribution in [3.05, 3.63) is 34.9 Å². The fourth-order valence-electron chi connectivity index (χ4n) is 5.78. The summed E-state index contributed by atoms with van der Waals surface area (Å²) in [5.74, 6) is 0.209. The highest BCUT2D eigenvalue weighted by atomic mass is 32.1. The van der Waals surface area contributed by atoms with Gasteiger partial charge in [-0.15, -0.1) is 12.6 Å². The molecule has 27 heavy (non-hydrogen) atoms. The molecular formula is C22H32N2O2S. The van der Waals surface area contributed by atoms with Crippen LogP contribution in [0.4, 0.5) is 0 Å². The number of methoxy groups -OCH3 is 1. The summed E-state index contributed by atoms with van der Waals surface area (Å²) in [6.45, 7) is 6.33. The van der Waals surface area contributed by atoms with Crippen molar-refractivity contribution in [1.29, 1.82) is 0 Å². The van der Waals surface area contributed by atoms with E-state index in [-0.39, 0.29) is 22.9 Å². The zero-order valence-corrected chi connectivity index (χ0v) is 17.8. The van der Waals surface area contributed by atoms with Gasteiger partial charge in [-0.1, -0.05) is 25.1 Å². The number of thiol groups is 1. The second-order valence-corrected chi connectivity index (χ2v) is 9.30. The SMILES string of the molecule is CCc1ccc2c(c1)C1(NC(S)N(C(C)C)C1=O)C1(CCC(OC)CC1)C2. The van der Waals surface area contributed by atoms with Crippen LogP contribution in [0.1, 0.15) is 63.1 Å². The van der Waals surface area contributed by atoms with Crippen molar-refractivity contribution in [3.8, 4) is 0 Å². The average molecular weight is 389 g/mol. The molecule has 1 aliphatic heterocycles. The van der Waals surface area contributed by atoms with Gasteiger partial charge in [0, 0.05) is 18.6 Å². The molecule has 2 spiro atoms. The van der Waals surface area contributed by atoms with Crippen LogP contribution in [0.15, 0.2) is 18.2 Å². The maximum atomic E-state index is 14.0. The summed E-state index contributed by atoms with van der Waals surface area (Å²) in [6, 6.07) is 6.89. The van der Waals surface area contributed by atoms with Gasteiger partial charge in [0.2, 0.25) is 5.91 Å². The highest BCUT2D eigenvalue weighted by Gasteiger charge is 2.67. The van der Waals surface area contributed by atoms with Gasteiger partial charge in [0.05, 0.1) is 6.10 Å². The zero-order chi connectivity index (χ0) is 19.4. The van der Waals surface area contributed by atoms with Crippen molar-refractivity contribution in [2.24, 2.45) is 5.41 Å². The molecule has 1 N–H and O–H groups in total. The minimum Gasteiger partial charge on any atom is -0.381 e. The Kier molecular flexibility index (Phi) is 4.84. The lowest BCUT2D eigenvalue weighted by Crippen LogP contribution is -2.57. The predicted octanol–water partition coefficient (Wildman–Crippen LogP) is 3.63. The largest absolute Gasteiger partial charge is 0.381 e. The van der Waals surface area contributed by atoms with Gasteiger partial charge in [-0.25, -0.2) is 0 Å². The lowest BCUT2D eigenvalue weighted by Gasteiger charge is -2.47. The first kappa shape index (κ1) is 19.3. The number of hydrogen-bond donors (Lipinski definition) is 2. The van der Waals surface area contributed by atoms with E-state index in [4.69, 9.17) is 17.4 Å². The van der Waals surface area contributed by atoms with Gasteiger partial charge >= 0.3 is 0 Å². The van der Waals surface area contributed by atoms with Gasteiger partial charge in [0.15, 0.2) is 0 Å². The summed E-state index contributed by atoms with van der Waals surface area (Å²) >= 11 is 4.78. The molecule has 0 aromatic heterocycles. The van der Waals surface area contributed by atoms with Gasteiger partial charge in [-0.3, -0.25) is 10.1 Å². The number of ether oxygens (including phenoxy) is 1. The summed E-state index contributed by atoms with van der Waals surface area (Å²) in [7, 11) is 1.80. The third kappa shape index (κ3) is 2.61. The lowest BCUT2D eigenvalue weighted by atomic mass is 9.61. The third-order valence-corrected chi connectivity index (χ3v) is 7.63. The number of rotatable bonds is 3. The summed E-state index contributed by atoms with van der Waals surface area (Å²) in [5, 5.41) is 3.71. The quantitative estimate of drug-likeness (QED) is 0.777. The standard InChI is InChI=1S/C22H32N2O2S/c1-5-15-6-7-16-13-21(10-8-17(26-4)9-11-21)22(18(16)12-15)19(25)24(14(2)3)20(27)23-22/h6-7,12,14,17,20,23,27H,5,8-11,13H2,1-4H3. The molecule has 5 heteroatoms. The lowest BCUT2D eigenvalue weighted by molar-refractivity contribution is -0.140. The fraction of sp³-hybridized carbons (Fsp3) is 0.682. The maximum absolute atomic E-state index is 14.0. The fourth-order valence-corrected chi connectivity index (χ4v) is 6.35. The smallest absolute Gasteiger partial charge is 0.250 e. The molecule has 148 valence electrons. The first-order valence-electron chi connectivity index (χ1n) is 10.3. The number of benzene rings is 1. The molecule has 2 fully saturated rings. The van der Waals surface area contributed by atoms with Crippen LogP contribution < -0.4 is 5.32 Å². The molecule has 2 unspecified atom stereocenters. The highest BCUT2D eigenvalue weighted by Crippen LogP contribution is 2.60. The van der Waals surface area contributed by atoms with E-state index in [1.165, 1.54) is 16.7 Å². The second kappa shape index (κ2) is 6.78. The molecule has 2 aliphatic carbocycles. The van der Waals surface area contributed by atoms with Crippen molar-refractivity contribution >= 4 is 18.5 Å². The van der Waals surface area contributed by atoms with E-state index in [1.54, 1.807) is 7.11 Å². The van der Waals surface area contributed by atoms with Crippen LogP contribution >= 0.6 is 12.6 Å². The van der Waals surface area contributed by atoms with Crippen molar-refractivity contribution in [1.82, 2.24) is 10.2 Å². The van der Waals surface area contributed by atoms with Gasteiger partial charge in [0.25, 0.3) is 0 Å². The van der Waals surface area contributed by atoms with E-state index in [9.17, 15) is 4.79 Å². The Morgan fingerprint density at radius 2 is 2.04 bits per heavy atom. The molecule has 2 atom stereocenters. The number of amides is 1. The van der Waals surface area contributed by atoms with Gasteiger partial charge in [0.1, 0.15) is 11.0 Å². The minimum absolute atomic E-state index is 0.0849. The van der Waals surface area contributed by atoms with E-state index >= 15 is 0 Å². The summed E-state index contributed by atoms with van der Waals surface area (Å²) in [6.07, 6.45) is 6.30. The molecule has 3 aliphatic rings. The Bertz CT molecular complexity index is 742. The number of carbonyl (C=O) groups excluding carboxylic acids is 1. The zero-order valence-electron chi connectivity index (χ0n) is 16.9. The maximum Gasteiger partial charge on any atom is 0.250 e. The highest BCUT2D eigenvalue weighted by molar-refractivity contribution is 7.80. The summed E-state index contributed by atoms with van der Waals surface area (Å²) in [5.41, 5.74) is 2.84. The first-order chi connectivity index (χ1) is 12.9. The number of nitrogens with one attached hydrogen (secondary N) is 1. The molecular weight excluding hydrogens is 356 g/mol. The Labute approximate surface area is 168 Å². The molecule has 1 aromatic carbocycles. The van der Waals surface area contributed by atoms with Crippen LogP contribution in [-0.2, 0) is 27.9 Å². The minimum atomic E-state index is -0.650. The number of aryl methyl sites for hydroxylation is 1. The van der Waals surface area contributed by atoms with E-state index in [0.717, 1.165) is 38.5 Å². The van der Waals surface area contributed by atoms with Crippen molar-refractivity contribution in [3.63, 3.8) is 0 Å². The first-order valence-corrected chi connectivity index (χ1v) is 10.8. The molecule has 4 rings (SSSR count). The third-order valence-electron chi connectivity index (χ3n) is 7.25. The van der Waals surface area contributed by atoms with Crippen LogP contribution in [0.2, 0.25) is 0 Å². The Hall–Kier alpha value is -1.04. The summed E-state index contributed by atoms with van der Waals surface area (Å²) < 4.78 is 5.64. The molecule has 1 amide bonds. The molecule has 0 radical (unpaired) electrons. The van der Waals surface area contributed by atoms with E-state index in [2.05, 4.69) is 44.3 Å². The topological polar surface area (TPSA) is 41.6 Å². The molecule has 0 bridgehead atoms. The van der Waals surface area contributed by atoms with Gasteiger partial charge in [-0.2, -0.15) is 0 Å². The van der Waals surface area contributed by atoms with E-state index < -0.39 is 5.54 Å². The number of fused-ring (bicyclic) bond motifs is 3.